The maximum atomic E-state index is 12.5. The predicted octanol–water partition coefficient (Wildman–Crippen LogP) is 3.07. The lowest BCUT2D eigenvalue weighted by Crippen LogP contribution is -2.25. The summed E-state index contributed by atoms with van der Waals surface area (Å²) >= 11 is 0. The molecule has 0 N–H and O–H groups in total. The van der Waals surface area contributed by atoms with Crippen LogP contribution in [0, 0.1) is 6.92 Å². The Morgan fingerprint density at radius 3 is 2.79 bits per heavy atom. The fourth-order valence-electron chi connectivity index (χ4n) is 2.34. The Kier molecular flexibility index (Phi) is 4.04. The molecule has 0 fully saturated rings. The van der Waals surface area contributed by atoms with Gasteiger partial charge < -0.3 is 14.4 Å². The number of rotatable bonds is 2. The lowest BCUT2D eigenvalue weighted by atomic mass is 10.0. The summed E-state index contributed by atoms with van der Waals surface area (Å²) in [6, 6.07) is 6.81. The number of hydrogen-bond donors (Lipinski definition) is 0. The van der Waals surface area contributed by atoms with Crippen molar-refractivity contribution in [2.75, 3.05) is 14.1 Å². The minimum absolute atomic E-state index is 0.197. The number of Topliss-reactive ketones (excluding diaryl/α,β-unsaturated/α-hetero) is 1. The van der Waals surface area contributed by atoms with Crippen LogP contribution < -0.4 is 9.47 Å². The first-order chi connectivity index (χ1) is 11.5. The van der Waals surface area contributed by atoms with E-state index in [1.165, 1.54) is 4.90 Å². The molecule has 1 aliphatic rings. The highest BCUT2D eigenvalue weighted by Gasteiger charge is 2.30. The van der Waals surface area contributed by atoms with Crippen molar-refractivity contribution in [2.45, 2.75) is 6.92 Å². The molecule has 0 unspecified atom stereocenters. The molecule has 2 aromatic rings. The van der Waals surface area contributed by atoms with Crippen LogP contribution in [-0.2, 0) is 0 Å². The standard InChI is InChI=1S/C18H16N2O4/c1-11-7-13(23-18(22)20(2)3)9-14-16(11)17(21)15(24-14)8-12-5-4-6-19-10-12/h4-10H,1-3H3. The number of amides is 1. The Balaban J connectivity index is 1.92. The van der Waals surface area contributed by atoms with E-state index in [-0.39, 0.29) is 11.5 Å². The molecule has 1 amide bonds. The van der Waals surface area contributed by atoms with E-state index in [0.717, 1.165) is 5.56 Å². The van der Waals surface area contributed by atoms with Gasteiger partial charge in [0, 0.05) is 32.6 Å². The number of fused-ring (bicyclic) bond motifs is 1. The fraction of sp³-hybridized carbons (Fsp3) is 0.167. The monoisotopic (exact) mass is 324 g/mol. The van der Waals surface area contributed by atoms with Gasteiger partial charge in [0.05, 0.1) is 5.56 Å². The number of aromatic nitrogens is 1. The molecule has 3 rings (SSSR count). The Bertz CT molecular complexity index is 842. The molecular formula is C18H16N2O4. The summed E-state index contributed by atoms with van der Waals surface area (Å²) in [4.78, 5) is 29.5. The third-order valence-electron chi connectivity index (χ3n) is 3.50. The molecule has 122 valence electrons. The van der Waals surface area contributed by atoms with Crippen molar-refractivity contribution < 1.29 is 19.1 Å². The summed E-state index contributed by atoms with van der Waals surface area (Å²) in [5.41, 5.74) is 1.94. The van der Waals surface area contributed by atoms with E-state index in [1.54, 1.807) is 57.7 Å². The number of nitrogens with zero attached hydrogens (tertiary/aromatic N) is 2. The van der Waals surface area contributed by atoms with Gasteiger partial charge in [0.25, 0.3) is 0 Å². The van der Waals surface area contributed by atoms with E-state index >= 15 is 0 Å². The molecule has 6 heteroatoms. The van der Waals surface area contributed by atoms with Crippen LogP contribution in [0.3, 0.4) is 0 Å². The molecule has 6 nitrogen and oxygen atoms in total. The molecule has 1 aromatic heterocycles. The van der Waals surface area contributed by atoms with Crippen molar-refractivity contribution in [1.29, 1.82) is 0 Å². The van der Waals surface area contributed by atoms with Crippen molar-refractivity contribution in [3.05, 3.63) is 59.1 Å². The number of hydrogen-bond acceptors (Lipinski definition) is 5. The van der Waals surface area contributed by atoms with Crippen molar-refractivity contribution in [3.8, 4) is 11.5 Å². The second-order valence-corrected chi connectivity index (χ2v) is 5.60. The van der Waals surface area contributed by atoms with Crippen LogP contribution in [0.2, 0.25) is 0 Å². The van der Waals surface area contributed by atoms with Gasteiger partial charge >= 0.3 is 6.09 Å². The molecule has 0 radical (unpaired) electrons. The van der Waals surface area contributed by atoms with Gasteiger partial charge in [-0.05, 0) is 36.3 Å². The first-order valence-electron chi connectivity index (χ1n) is 7.34. The van der Waals surface area contributed by atoms with Crippen molar-refractivity contribution in [2.24, 2.45) is 0 Å². The average Bonchev–Trinajstić information content (AvgIpc) is 2.84. The number of carbonyl (C=O) groups is 2. The summed E-state index contributed by atoms with van der Waals surface area (Å²) in [6.07, 6.45) is 4.44. The maximum Gasteiger partial charge on any atom is 0.414 e. The molecule has 0 saturated heterocycles. The summed E-state index contributed by atoms with van der Waals surface area (Å²) < 4.78 is 10.9. The SMILES string of the molecule is Cc1cc(OC(=O)N(C)C)cc2c1C(=O)C(=Cc1cccnc1)O2. The molecular weight excluding hydrogens is 308 g/mol. The second-order valence-electron chi connectivity index (χ2n) is 5.60. The number of aryl methyl sites for hydroxylation is 1. The Hall–Kier alpha value is -3.15. The first kappa shape index (κ1) is 15.7. The smallest absolute Gasteiger partial charge is 0.414 e. The van der Waals surface area contributed by atoms with Crippen molar-refractivity contribution in [3.63, 3.8) is 0 Å². The molecule has 1 aromatic carbocycles. The van der Waals surface area contributed by atoms with Crippen LogP contribution in [0.15, 0.2) is 42.4 Å². The summed E-state index contributed by atoms with van der Waals surface area (Å²) in [5, 5.41) is 0. The van der Waals surface area contributed by atoms with Gasteiger partial charge in [-0.25, -0.2) is 4.79 Å². The number of ether oxygens (including phenoxy) is 2. The van der Waals surface area contributed by atoms with Crippen LogP contribution in [0.5, 0.6) is 11.5 Å². The highest BCUT2D eigenvalue weighted by molar-refractivity contribution is 6.15. The first-order valence-corrected chi connectivity index (χ1v) is 7.34. The van der Waals surface area contributed by atoms with Gasteiger partial charge in [-0.3, -0.25) is 9.78 Å². The van der Waals surface area contributed by atoms with Gasteiger partial charge in [-0.15, -0.1) is 0 Å². The molecule has 24 heavy (non-hydrogen) atoms. The Labute approximate surface area is 139 Å². The van der Waals surface area contributed by atoms with E-state index in [2.05, 4.69) is 4.98 Å². The molecule has 1 aliphatic heterocycles. The zero-order valence-electron chi connectivity index (χ0n) is 13.6. The van der Waals surface area contributed by atoms with Gasteiger partial charge in [-0.2, -0.15) is 0 Å². The molecule has 0 bridgehead atoms. The van der Waals surface area contributed by atoms with Gasteiger partial charge in [0.1, 0.15) is 11.5 Å². The molecule has 0 spiro atoms. The average molecular weight is 324 g/mol. The van der Waals surface area contributed by atoms with Gasteiger partial charge in [0.15, 0.2) is 5.76 Å². The zero-order valence-corrected chi connectivity index (χ0v) is 13.6. The van der Waals surface area contributed by atoms with Crippen LogP contribution >= 0.6 is 0 Å². The summed E-state index contributed by atoms with van der Waals surface area (Å²) in [6.45, 7) is 1.78. The number of carbonyl (C=O) groups excluding carboxylic acids is 2. The van der Waals surface area contributed by atoms with E-state index in [4.69, 9.17) is 9.47 Å². The molecule has 0 saturated carbocycles. The van der Waals surface area contributed by atoms with E-state index in [9.17, 15) is 9.59 Å². The third-order valence-corrected chi connectivity index (χ3v) is 3.50. The topological polar surface area (TPSA) is 68.7 Å². The molecule has 0 aliphatic carbocycles. The lowest BCUT2D eigenvalue weighted by Gasteiger charge is -2.12. The minimum atomic E-state index is -0.496. The third kappa shape index (κ3) is 2.99. The van der Waals surface area contributed by atoms with Crippen LogP contribution in [0.25, 0.3) is 6.08 Å². The zero-order chi connectivity index (χ0) is 17.3. The largest absolute Gasteiger partial charge is 0.452 e. The van der Waals surface area contributed by atoms with Crippen LogP contribution in [0.1, 0.15) is 21.5 Å². The van der Waals surface area contributed by atoms with Crippen LogP contribution in [-0.4, -0.2) is 35.9 Å². The highest BCUT2D eigenvalue weighted by atomic mass is 16.6. The van der Waals surface area contributed by atoms with E-state index in [1.807, 2.05) is 6.07 Å². The normalized spacial score (nSPS) is 14.3. The minimum Gasteiger partial charge on any atom is -0.452 e. The van der Waals surface area contributed by atoms with Crippen molar-refractivity contribution >= 4 is 18.0 Å². The Morgan fingerprint density at radius 2 is 2.12 bits per heavy atom. The number of allylic oxidation sites excluding steroid dienone is 1. The lowest BCUT2D eigenvalue weighted by molar-refractivity contribution is 0.101. The number of benzene rings is 1. The Morgan fingerprint density at radius 1 is 1.33 bits per heavy atom. The van der Waals surface area contributed by atoms with Crippen molar-refractivity contribution in [1.82, 2.24) is 9.88 Å². The fourth-order valence-corrected chi connectivity index (χ4v) is 2.34. The van der Waals surface area contributed by atoms with Gasteiger partial charge in [0.2, 0.25) is 5.78 Å². The quantitative estimate of drug-likeness (QED) is 0.794. The maximum absolute atomic E-state index is 12.5. The van der Waals surface area contributed by atoms with Gasteiger partial charge in [-0.1, -0.05) is 6.07 Å². The van der Waals surface area contributed by atoms with E-state index < -0.39 is 6.09 Å². The summed E-state index contributed by atoms with van der Waals surface area (Å²) in [5.74, 6) is 0.742. The number of ketones is 1. The van der Waals surface area contributed by atoms with Crippen LogP contribution in [0.4, 0.5) is 4.79 Å². The highest BCUT2D eigenvalue weighted by Crippen LogP contribution is 2.37. The number of pyridine rings is 1. The molecule has 0 atom stereocenters. The second kappa shape index (κ2) is 6.16. The molecule has 2 heterocycles. The predicted molar refractivity (Wildman–Crippen MR) is 88.1 cm³/mol. The summed E-state index contributed by atoms with van der Waals surface area (Å²) in [7, 11) is 3.19. The van der Waals surface area contributed by atoms with E-state index in [0.29, 0.717) is 22.6 Å².